The van der Waals surface area contributed by atoms with E-state index in [1.807, 2.05) is 18.2 Å². The first-order valence-electron chi connectivity index (χ1n) is 5.34. The first-order chi connectivity index (χ1) is 8.47. The van der Waals surface area contributed by atoms with Crippen LogP contribution in [-0.4, -0.2) is 8.42 Å². The van der Waals surface area contributed by atoms with Crippen molar-refractivity contribution >= 4 is 15.9 Å². The highest BCUT2D eigenvalue weighted by molar-refractivity contribution is 7.90. The van der Waals surface area contributed by atoms with E-state index in [1.54, 1.807) is 30.3 Å². The minimum Gasteiger partial charge on any atom is -0.271 e. The van der Waals surface area contributed by atoms with Gasteiger partial charge in [-0.15, -0.1) is 0 Å². The van der Waals surface area contributed by atoms with Crippen molar-refractivity contribution in [1.29, 1.82) is 0 Å². The number of nitrogens with one attached hydrogen (secondary N) is 1. The summed E-state index contributed by atoms with van der Waals surface area (Å²) in [6.07, 6.45) is 0. The average Bonchev–Trinajstić information content (AvgIpc) is 2.30. The fourth-order valence-electron chi connectivity index (χ4n) is 1.20. The zero-order chi connectivity index (χ0) is 13.4. The van der Waals surface area contributed by atoms with E-state index in [2.05, 4.69) is 23.8 Å². The van der Waals surface area contributed by atoms with Crippen LogP contribution in [0.4, 0.5) is 5.69 Å². The summed E-state index contributed by atoms with van der Waals surface area (Å²) in [5.74, 6) is 0. The molecule has 0 radical (unpaired) electrons. The van der Waals surface area contributed by atoms with Crippen molar-refractivity contribution in [3.05, 3.63) is 66.2 Å². The summed E-state index contributed by atoms with van der Waals surface area (Å²) in [5.41, 5.74) is 1.79. The van der Waals surface area contributed by atoms with Crippen LogP contribution in [-0.2, 0) is 10.2 Å². The zero-order valence-corrected chi connectivity index (χ0v) is 10.9. The van der Waals surface area contributed by atoms with Gasteiger partial charge in [0, 0.05) is 5.69 Å². The minimum absolute atomic E-state index is 0.468. The van der Waals surface area contributed by atoms with Crippen LogP contribution < -0.4 is 9.86 Å². The van der Waals surface area contributed by atoms with Crippen molar-refractivity contribution in [1.82, 2.24) is 0 Å². The molecule has 0 spiro atoms. The van der Waals surface area contributed by atoms with Gasteiger partial charge in [-0.1, -0.05) is 54.1 Å². The normalized spacial score (nSPS) is 10.1. The van der Waals surface area contributed by atoms with Crippen molar-refractivity contribution in [3.63, 3.8) is 0 Å². The first kappa shape index (κ1) is 14.2. The van der Waals surface area contributed by atoms with Crippen molar-refractivity contribution in [2.75, 3.05) is 4.72 Å². The van der Waals surface area contributed by atoms with Crippen molar-refractivity contribution < 1.29 is 8.42 Å². The Hall–Kier alpha value is -1.85. The second kappa shape index (κ2) is 6.78. The van der Waals surface area contributed by atoms with Gasteiger partial charge in [0.25, 0.3) is 10.2 Å². The zero-order valence-electron chi connectivity index (χ0n) is 10.1. The molecule has 0 aliphatic rings. The number of nitrogens with two attached hydrogens (primary N) is 1. The fraction of sp³-hybridized carbons (Fsp3) is 0.0769. The fourth-order valence-corrected chi connectivity index (χ4v) is 1.67. The highest BCUT2D eigenvalue weighted by Crippen LogP contribution is 2.04. The number of hydrogen-bond donors (Lipinski definition) is 2. The van der Waals surface area contributed by atoms with E-state index >= 15 is 0 Å². The highest BCUT2D eigenvalue weighted by Gasteiger charge is 1.98. The van der Waals surface area contributed by atoms with Gasteiger partial charge in [0.05, 0.1) is 0 Å². The lowest BCUT2D eigenvalue weighted by molar-refractivity contribution is 0.603. The third kappa shape index (κ3) is 6.67. The van der Waals surface area contributed by atoms with Crippen LogP contribution >= 0.6 is 0 Å². The minimum atomic E-state index is -3.63. The number of rotatable bonds is 2. The lowest BCUT2D eigenvalue weighted by Crippen LogP contribution is -2.21. The van der Waals surface area contributed by atoms with Crippen LogP contribution in [0, 0.1) is 6.92 Å². The SMILES string of the molecule is Cc1ccccc1.NS(=O)(=O)Nc1ccccc1. The summed E-state index contributed by atoms with van der Waals surface area (Å²) in [4.78, 5) is 0. The second-order valence-electron chi connectivity index (χ2n) is 3.67. The predicted molar refractivity (Wildman–Crippen MR) is 74.4 cm³/mol. The van der Waals surface area contributed by atoms with Gasteiger partial charge in [-0.25, -0.2) is 5.14 Å². The Balaban J connectivity index is 0.000000199. The molecule has 4 nitrogen and oxygen atoms in total. The summed E-state index contributed by atoms with van der Waals surface area (Å²) in [7, 11) is -3.63. The van der Waals surface area contributed by atoms with Gasteiger partial charge in [0.2, 0.25) is 0 Å². The molecule has 0 heterocycles. The van der Waals surface area contributed by atoms with E-state index in [1.165, 1.54) is 5.56 Å². The van der Waals surface area contributed by atoms with Crippen molar-refractivity contribution in [3.8, 4) is 0 Å². The average molecular weight is 264 g/mol. The van der Waals surface area contributed by atoms with Crippen LogP contribution in [0.2, 0.25) is 0 Å². The molecule has 0 atom stereocenters. The molecule has 3 N–H and O–H groups in total. The Labute approximate surface area is 108 Å². The Morgan fingerprint density at radius 3 is 1.67 bits per heavy atom. The summed E-state index contributed by atoms with van der Waals surface area (Å²) in [6.45, 7) is 2.08. The van der Waals surface area contributed by atoms with E-state index < -0.39 is 10.2 Å². The third-order valence-electron chi connectivity index (χ3n) is 1.97. The molecule has 0 saturated carbocycles. The number of hydrogen-bond acceptors (Lipinski definition) is 2. The molecule has 0 aliphatic heterocycles. The highest BCUT2D eigenvalue weighted by atomic mass is 32.2. The molecule has 0 aromatic heterocycles. The van der Waals surface area contributed by atoms with Gasteiger partial charge >= 0.3 is 0 Å². The number of para-hydroxylation sites is 1. The Morgan fingerprint density at radius 1 is 0.889 bits per heavy atom. The summed E-state index contributed by atoms with van der Waals surface area (Å²) >= 11 is 0. The molecule has 18 heavy (non-hydrogen) atoms. The first-order valence-corrected chi connectivity index (χ1v) is 6.89. The molecule has 2 aromatic carbocycles. The molecule has 2 rings (SSSR count). The lowest BCUT2D eigenvalue weighted by atomic mass is 10.2. The molecular weight excluding hydrogens is 248 g/mol. The molecule has 0 fully saturated rings. The number of aryl methyl sites for hydroxylation is 1. The molecule has 96 valence electrons. The van der Waals surface area contributed by atoms with Crippen LogP contribution in [0.3, 0.4) is 0 Å². The van der Waals surface area contributed by atoms with Crippen LogP contribution in [0.5, 0.6) is 0 Å². The second-order valence-corrected chi connectivity index (χ2v) is 4.96. The quantitative estimate of drug-likeness (QED) is 0.873. The van der Waals surface area contributed by atoms with Gasteiger partial charge in [-0.2, -0.15) is 8.42 Å². The number of benzene rings is 2. The molecule has 0 amide bonds. The van der Waals surface area contributed by atoms with E-state index in [0.717, 1.165) is 0 Å². The Bertz CT molecular complexity index is 554. The Kier molecular flexibility index (Phi) is 5.35. The molecule has 0 unspecified atom stereocenters. The molecule has 2 aromatic rings. The summed E-state index contributed by atoms with van der Waals surface area (Å²) in [6, 6.07) is 18.7. The summed E-state index contributed by atoms with van der Waals surface area (Å²) in [5, 5.41) is 4.73. The van der Waals surface area contributed by atoms with Gasteiger partial charge in [-0.3, -0.25) is 4.72 Å². The maximum absolute atomic E-state index is 10.5. The monoisotopic (exact) mass is 264 g/mol. The lowest BCUT2D eigenvalue weighted by Gasteiger charge is -2.00. The predicted octanol–water partition coefficient (Wildman–Crippen LogP) is 2.30. The van der Waals surface area contributed by atoms with Gasteiger partial charge in [0.1, 0.15) is 0 Å². The maximum atomic E-state index is 10.5. The van der Waals surface area contributed by atoms with Gasteiger partial charge < -0.3 is 0 Å². The third-order valence-corrected chi connectivity index (χ3v) is 2.49. The van der Waals surface area contributed by atoms with Crippen molar-refractivity contribution in [2.24, 2.45) is 5.14 Å². The Morgan fingerprint density at radius 2 is 1.33 bits per heavy atom. The van der Waals surface area contributed by atoms with Crippen LogP contribution in [0.25, 0.3) is 0 Å². The topological polar surface area (TPSA) is 72.2 Å². The largest absolute Gasteiger partial charge is 0.296 e. The molecule has 0 aliphatic carbocycles. The summed E-state index contributed by atoms with van der Waals surface area (Å²) < 4.78 is 23.1. The van der Waals surface area contributed by atoms with E-state index in [0.29, 0.717) is 5.69 Å². The molecule has 5 heteroatoms. The van der Waals surface area contributed by atoms with Gasteiger partial charge in [-0.05, 0) is 19.1 Å². The number of anilines is 1. The smallest absolute Gasteiger partial charge is 0.271 e. The van der Waals surface area contributed by atoms with Gasteiger partial charge in [0.15, 0.2) is 0 Å². The maximum Gasteiger partial charge on any atom is 0.296 e. The molecule has 0 saturated heterocycles. The van der Waals surface area contributed by atoms with Crippen LogP contribution in [0.1, 0.15) is 5.56 Å². The molecular formula is C13H16N2O2S. The van der Waals surface area contributed by atoms with Crippen LogP contribution in [0.15, 0.2) is 60.7 Å². The molecule has 0 bridgehead atoms. The standard InChI is InChI=1S/C7H8.C6H8N2O2S/c1-7-5-3-2-4-6-7;7-11(9,10)8-6-4-2-1-3-5-6/h2-6H,1H3;1-5,8H,(H2,7,9,10). The van der Waals surface area contributed by atoms with E-state index in [-0.39, 0.29) is 0 Å². The van der Waals surface area contributed by atoms with Crippen molar-refractivity contribution in [2.45, 2.75) is 6.92 Å². The van der Waals surface area contributed by atoms with E-state index in [4.69, 9.17) is 5.14 Å². The van der Waals surface area contributed by atoms with E-state index in [9.17, 15) is 8.42 Å².